The van der Waals surface area contributed by atoms with Gasteiger partial charge in [0.25, 0.3) is 6.43 Å². The lowest BCUT2D eigenvalue weighted by Gasteiger charge is -2.08. The van der Waals surface area contributed by atoms with Gasteiger partial charge in [-0.05, 0) is 6.07 Å². The lowest BCUT2D eigenvalue weighted by Crippen LogP contribution is -2.40. The van der Waals surface area contributed by atoms with Crippen LogP contribution in [-0.4, -0.2) is 21.3 Å². The summed E-state index contributed by atoms with van der Waals surface area (Å²) < 4.78 is 27.8. The number of hydrogen-bond donors (Lipinski definition) is 2. The van der Waals surface area contributed by atoms with Gasteiger partial charge < -0.3 is 5.73 Å². The highest BCUT2D eigenvalue weighted by molar-refractivity contribution is 5.27. The highest BCUT2D eigenvalue weighted by Crippen LogP contribution is 2.13. The van der Waals surface area contributed by atoms with Gasteiger partial charge >= 0.3 is 0 Å². The van der Waals surface area contributed by atoms with Crippen molar-refractivity contribution in [2.75, 3.05) is 5.73 Å². The number of alkyl halides is 2. The van der Waals surface area contributed by atoms with Crippen LogP contribution in [0.2, 0.25) is 0 Å². The number of nitrogen functional groups attached to an aromatic ring is 1. The number of aromatic nitrogens is 4. The predicted octanol–water partition coefficient (Wildman–Crippen LogP) is 0.955. The molecule has 0 aliphatic carbocycles. The Kier molecular flexibility index (Phi) is 3.08. The third-order valence-electron chi connectivity index (χ3n) is 2.57. The predicted molar refractivity (Wildman–Crippen MR) is 57.4 cm³/mol. The second-order valence-corrected chi connectivity index (χ2v) is 3.82. The van der Waals surface area contributed by atoms with Gasteiger partial charge in [-0.2, -0.15) is 10.2 Å². The summed E-state index contributed by atoms with van der Waals surface area (Å²) in [5.41, 5.74) is 6.89. The van der Waals surface area contributed by atoms with Gasteiger partial charge in [-0.25, -0.2) is 8.78 Å². The summed E-state index contributed by atoms with van der Waals surface area (Å²) in [7, 11) is 0. The van der Waals surface area contributed by atoms with E-state index >= 15 is 0 Å². The van der Waals surface area contributed by atoms with E-state index in [-0.39, 0.29) is 6.04 Å². The average molecular weight is 242 g/mol. The van der Waals surface area contributed by atoms with Gasteiger partial charge in [-0.15, -0.1) is 4.68 Å². The molecular weight excluding hydrogens is 228 g/mol. The van der Waals surface area contributed by atoms with Crippen molar-refractivity contribution in [1.82, 2.24) is 14.9 Å². The maximum atomic E-state index is 12.4. The lowest BCUT2D eigenvalue weighted by atomic mass is 10.2. The summed E-state index contributed by atoms with van der Waals surface area (Å²) in [6.45, 7) is 1.48. The van der Waals surface area contributed by atoms with E-state index in [4.69, 9.17) is 5.73 Å². The fourth-order valence-electron chi connectivity index (χ4n) is 1.73. The number of rotatable bonds is 4. The zero-order valence-corrected chi connectivity index (χ0v) is 9.35. The van der Waals surface area contributed by atoms with Crippen LogP contribution in [0, 0.1) is 0 Å². The molecule has 3 N–H and O–H groups in total. The molecule has 0 aliphatic heterocycles. The molecule has 2 heterocycles. The Hall–Kier alpha value is -1.92. The molecule has 0 aliphatic rings. The van der Waals surface area contributed by atoms with Crippen LogP contribution in [-0.2, 0) is 6.54 Å². The molecule has 0 bridgehead atoms. The molecule has 0 saturated carbocycles. The molecule has 0 spiro atoms. The SMILES string of the molecule is CC(c1ccnn1CC(F)F)[n+]1cc(N)c[nH]1. The number of nitrogens with zero attached hydrogens (tertiary/aromatic N) is 3. The second kappa shape index (κ2) is 4.52. The lowest BCUT2D eigenvalue weighted by molar-refractivity contribution is -0.762. The van der Waals surface area contributed by atoms with E-state index in [0.29, 0.717) is 11.4 Å². The van der Waals surface area contributed by atoms with E-state index in [1.54, 1.807) is 23.1 Å². The van der Waals surface area contributed by atoms with Crippen LogP contribution in [0.3, 0.4) is 0 Å². The van der Waals surface area contributed by atoms with Crippen LogP contribution in [0.5, 0.6) is 0 Å². The van der Waals surface area contributed by atoms with Gasteiger partial charge in [0.05, 0.1) is 6.20 Å². The third kappa shape index (κ3) is 2.43. The molecule has 2 aromatic rings. The average Bonchev–Trinajstić information content (AvgIpc) is 2.85. The first-order valence-corrected chi connectivity index (χ1v) is 5.23. The molecule has 0 fully saturated rings. The van der Waals surface area contributed by atoms with Crippen LogP contribution in [0.15, 0.2) is 24.7 Å². The Morgan fingerprint density at radius 3 is 2.94 bits per heavy atom. The van der Waals surface area contributed by atoms with Crippen LogP contribution < -0.4 is 10.4 Å². The Morgan fingerprint density at radius 2 is 2.35 bits per heavy atom. The van der Waals surface area contributed by atoms with Crippen molar-refractivity contribution in [2.24, 2.45) is 0 Å². The number of hydrogen-bond acceptors (Lipinski definition) is 2. The first-order chi connectivity index (χ1) is 8.08. The van der Waals surface area contributed by atoms with Gasteiger partial charge in [0.1, 0.15) is 17.9 Å². The number of halogens is 2. The molecule has 1 atom stereocenters. The Labute approximate surface area is 96.8 Å². The second-order valence-electron chi connectivity index (χ2n) is 3.82. The maximum absolute atomic E-state index is 12.4. The summed E-state index contributed by atoms with van der Waals surface area (Å²) in [5.74, 6) is 0. The van der Waals surface area contributed by atoms with Crippen molar-refractivity contribution in [2.45, 2.75) is 25.9 Å². The zero-order chi connectivity index (χ0) is 12.4. The smallest absolute Gasteiger partial charge is 0.257 e. The van der Waals surface area contributed by atoms with Crippen molar-refractivity contribution in [3.63, 3.8) is 0 Å². The number of anilines is 1. The fourth-order valence-corrected chi connectivity index (χ4v) is 1.73. The van der Waals surface area contributed by atoms with Gasteiger partial charge in [0.15, 0.2) is 0 Å². The summed E-state index contributed by atoms with van der Waals surface area (Å²) in [6, 6.07) is 1.59. The van der Waals surface area contributed by atoms with Crippen molar-refractivity contribution in [1.29, 1.82) is 0 Å². The van der Waals surface area contributed by atoms with Gasteiger partial charge in [-0.3, -0.25) is 4.68 Å². The highest BCUT2D eigenvalue weighted by atomic mass is 19.3. The number of nitrogens with one attached hydrogen (secondary N) is 1. The minimum Gasteiger partial charge on any atom is -0.392 e. The minimum atomic E-state index is -2.42. The van der Waals surface area contributed by atoms with E-state index in [1.165, 1.54) is 10.9 Å². The van der Waals surface area contributed by atoms with E-state index in [0.717, 1.165) is 0 Å². The van der Waals surface area contributed by atoms with Gasteiger partial charge in [0.2, 0.25) is 12.2 Å². The topological polar surface area (TPSA) is 63.5 Å². The minimum absolute atomic E-state index is 0.131. The molecule has 0 saturated heterocycles. The van der Waals surface area contributed by atoms with Crippen LogP contribution in [0.4, 0.5) is 14.5 Å². The van der Waals surface area contributed by atoms with Gasteiger partial charge in [-0.1, -0.05) is 0 Å². The van der Waals surface area contributed by atoms with Gasteiger partial charge in [0, 0.05) is 13.1 Å². The van der Waals surface area contributed by atoms with Crippen molar-refractivity contribution < 1.29 is 13.5 Å². The molecule has 0 amide bonds. The molecule has 17 heavy (non-hydrogen) atoms. The molecule has 0 aromatic carbocycles. The molecular formula is C10H14F2N5+. The quantitative estimate of drug-likeness (QED) is 0.784. The molecule has 0 radical (unpaired) electrons. The summed E-state index contributed by atoms with van der Waals surface area (Å²) in [6.07, 6.45) is 2.45. The van der Waals surface area contributed by atoms with Crippen LogP contribution >= 0.6 is 0 Å². The first kappa shape index (κ1) is 11.6. The number of H-pyrrole nitrogens is 1. The molecule has 2 aromatic heterocycles. The monoisotopic (exact) mass is 242 g/mol. The van der Waals surface area contributed by atoms with E-state index < -0.39 is 13.0 Å². The standard InChI is InChI=1S/C10H13F2N5/c1-7(16-5-8(13)4-15-16)9-2-3-14-17(9)6-10(11)12/h2-5,7,10H,6,13H2,1H3/p+1. The normalized spacial score (nSPS) is 13.2. The Morgan fingerprint density at radius 1 is 1.59 bits per heavy atom. The highest BCUT2D eigenvalue weighted by Gasteiger charge is 2.22. The van der Waals surface area contributed by atoms with Crippen molar-refractivity contribution >= 4 is 5.69 Å². The van der Waals surface area contributed by atoms with Crippen LogP contribution in [0.1, 0.15) is 18.7 Å². The zero-order valence-electron chi connectivity index (χ0n) is 9.35. The van der Waals surface area contributed by atoms with Crippen LogP contribution in [0.25, 0.3) is 0 Å². The molecule has 92 valence electrons. The van der Waals surface area contributed by atoms with E-state index in [1.807, 2.05) is 6.92 Å². The van der Waals surface area contributed by atoms with E-state index in [9.17, 15) is 8.78 Å². The maximum Gasteiger partial charge on any atom is 0.257 e. The number of aromatic amines is 1. The third-order valence-corrected chi connectivity index (χ3v) is 2.57. The van der Waals surface area contributed by atoms with E-state index in [2.05, 4.69) is 10.2 Å². The Bertz CT molecular complexity index is 490. The van der Waals surface area contributed by atoms with Crippen molar-refractivity contribution in [3.05, 3.63) is 30.4 Å². The van der Waals surface area contributed by atoms with Crippen molar-refractivity contribution in [3.8, 4) is 0 Å². The molecule has 2 rings (SSSR count). The number of nitrogens with two attached hydrogens (primary N) is 1. The summed E-state index contributed by atoms with van der Waals surface area (Å²) in [4.78, 5) is 0. The molecule has 5 nitrogen and oxygen atoms in total. The first-order valence-electron chi connectivity index (χ1n) is 5.23. The fraction of sp³-hybridized carbons (Fsp3) is 0.400. The largest absolute Gasteiger partial charge is 0.392 e. The summed E-state index contributed by atoms with van der Waals surface area (Å²) >= 11 is 0. The molecule has 7 heteroatoms. The Balaban J connectivity index is 2.24. The molecule has 1 unspecified atom stereocenters. The summed E-state index contributed by atoms with van der Waals surface area (Å²) in [5, 5.41) is 6.82.